The summed E-state index contributed by atoms with van der Waals surface area (Å²) in [5.74, 6) is 1.32. The fourth-order valence-corrected chi connectivity index (χ4v) is 3.08. The Kier molecular flexibility index (Phi) is 4.77. The van der Waals surface area contributed by atoms with E-state index in [0.29, 0.717) is 11.6 Å². The van der Waals surface area contributed by atoms with E-state index in [1.807, 2.05) is 80.6 Å². The minimum atomic E-state index is -0.455. The smallest absolute Gasteiger partial charge is 0.363 e. The highest BCUT2D eigenvalue weighted by atomic mass is 16.6. The predicted octanol–water partition coefficient (Wildman–Crippen LogP) is 5.44. The Balaban J connectivity index is 1.60. The van der Waals surface area contributed by atoms with Crippen molar-refractivity contribution in [3.05, 3.63) is 101 Å². The van der Waals surface area contributed by atoms with Crippen molar-refractivity contribution < 1.29 is 14.3 Å². The van der Waals surface area contributed by atoms with Gasteiger partial charge in [-0.2, -0.15) is 0 Å². The lowest BCUT2D eigenvalue weighted by atomic mass is 10.1. The van der Waals surface area contributed by atoms with Crippen LogP contribution in [0.4, 0.5) is 0 Å². The minimum Gasteiger partial charge on any atom is -0.457 e. The van der Waals surface area contributed by atoms with Gasteiger partial charge < -0.3 is 9.47 Å². The summed E-state index contributed by atoms with van der Waals surface area (Å²) < 4.78 is 11.2. The van der Waals surface area contributed by atoms with Crippen LogP contribution in [0.5, 0.6) is 11.5 Å². The molecule has 4 rings (SSSR count). The molecule has 0 bridgehead atoms. The van der Waals surface area contributed by atoms with E-state index in [4.69, 9.17) is 9.47 Å². The lowest BCUT2D eigenvalue weighted by molar-refractivity contribution is -0.129. The molecule has 1 aliphatic rings. The minimum absolute atomic E-state index is 0.269. The van der Waals surface area contributed by atoms with Crippen molar-refractivity contribution in [2.45, 2.75) is 13.8 Å². The number of para-hydroxylation sites is 1. The second kappa shape index (κ2) is 7.53. The number of hydrogen-bond donors (Lipinski definition) is 0. The summed E-state index contributed by atoms with van der Waals surface area (Å²) in [7, 11) is 0. The molecule has 0 aromatic heterocycles. The van der Waals surface area contributed by atoms with Crippen LogP contribution in [0.25, 0.3) is 6.08 Å². The van der Waals surface area contributed by atoms with Gasteiger partial charge in [-0.05, 0) is 61.9 Å². The molecule has 3 aromatic rings. The van der Waals surface area contributed by atoms with Crippen LogP contribution >= 0.6 is 0 Å². The lowest BCUT2D eigenvalue weighted by Gasteiger charge is -2.05. The van der Waals surface area contributed by atoms with Gasteiger partial charge in [0.15, 0.2) is 5.70 Å². The third kappa shape index (κ3) is 4.01. The SMILES string of the molecule is Cc1cc(C)cc(C2=N/C(=C\c3cccc(Oc4ccccc4)c3)C(=O)O2)c1. The number of rotatable bonds is 4. The Hall–Kier alpha value is -3.66. The predicted molar refractivity (Wildman–Crippen MR) is 109 cm³/mol. The van der Waals surface area contributed by atoms with E-state index in [-0.39, 0.29) is 5.70 Å². The third-order valence-electron chi connectivity index (χ3n) is 4.23. The number of aliphatic imine (C=N–C) groups is 1. The van der Waals surface area contributed by atoms with Crippen LogP contribution in [-0.4, -0.2) is 11.9 Å². The molecule has 0 aliphatic carbocycles. The Morgan fingerprint density at radius 1 is 0.857 bits per heavy atom. The summed E-state index contributed by atoms with van der Waals surface area (Å²) >= 11 is 0. The Bertz CT molecular complexity index is 1080. The molecule has 1 heterocycles. The van der Waals surface area contributed by atoms with E-state index in [9.17, 15) is 4.79 Å². The molecule has 0 N–H and O–H groups in total. The number of nitrogens with zero attached hydrogens (tertiary/aromatic N) is 1. The number of cyclic esters (lactones) is 1. The van der Waals surface area contributed by atoms with Gasteiger partial charge in [0.2, 0.25) is 5.90 Å². The molecule has 4 heteroatoms. The van der Waals surface area contributed by atoms with E-state index >= 15 is 0 Å². The van der Waals surface area contributed by atoms with Gasteiger partial charge in [0, 0.05) is 5.56 Å². The number of aryl methyl sites for hydroxylation is 2. The Morgan fingerprint density at radius 2 is 1.57 bits per heavy atom. The van der Waals surface area contributed by atoms with Gasteiger partial charge in [0.1, 0.15) is 11.5 Å². The molecular weight excluding hydrogens is 350 g/mol. The molecule has 0 unspecified atom stereocenters. The average molecular weight is 369 g/mol. The van der Waals surface area contributed by atoms with Crippen LogP contribution in [0, 0.1) is 13.8 Å². The van der Waals surface area contributed by atoms with E-state index in [1.165, 1.54) is 0 Å². The van der Waals surface area contributed by atoms with E-state index < -0.39 is 5.97 Å². The summed E-state index contributed by atoms with van der Waals surface area (Å²) in [4.78, 5) is 16.7. The molecule has 3 aromatic carbocycles. The zero-order valence-electron chi connectivity index (χ0n) is 15.7. The van der Waals surface area contributed by atoms with Crippen molar-refractivity contribution in [2.75, 3.05) is 0 Å². The zero-order valence-corrected chi connectivity index (χ0v) is 15.7. The molecule has 0 radical (unpaired) electrons. The normalized spacial score (nSPS) is 14.7. The Labute approximate surface area is 163 Å². The second-order valence-electron chi connectivity index (χ2n) is 6.70. The summed E-state index contributed by atoms with van der Waals surface area (Å²) in [6.07, 6.45) is 1.70. The first kappa shape index (κ1) is 17.7. The van der Waals surface area contributed by atoms with Crippen LogP contribution in [-0.2, 0) is 9.53 Å². The highest BCUT2D eigenvalue weighted by Gasteiger charge is 2.24. The maximum absolute atomic E-state index is 12.3. The molecule has 138 valence electrons. The van der Waals surface area contributed by atoms with Crippen molar-refractivity contribution in [2.24, 2.45) is 4.99 Å². The third-order valence-corrected chi connectivity index (χ3v) is 4.23. The van der Waals surface area contributed by atoms with Crippen molar-refractivity contribution in [3.8, 4) is 11.5 Å². The fourth-order valence-electron chi connectivity index (χ4n) is 3.08. The monoisotopic (exact) mass is 369 g/mol. The number of esters is 1. The van der Waals surface area contributed by atoms with Gasteiger partial charge in [-0.1, -0.05) is 47.5 Å². The van der Waals surface area contributed by atoms with Crippen molar-refractivity contribution in [1.29, 1.82) is 0 Å². The second-order valence-corrected chi connectivity index (χ2v) is 6.70. The first-order valence-electron chi connectivity index (χ1n) is 9.01. The summed E-state index contributed by atoms with van der Waals surface area (Å²) in [5.41, 5.74) is 4.07. The largest absolute Gasteiger partial charge is 0.457 e. The molecular formula is C24H19NO3. The molecule has 0 spiro atoms. The molecule has 28 heavy (non-hydrogen) atoms. The van der Waals surface area contributed by atoms with Crippen molar-refractivity contribution in [3.63, 3.8) is 0 Å². The van der Waals surface area contributed by atoms with E-state index in [2.05, 4.69) is 11.1 Å². The number of benzene rings is 3. The fraction of sp³-hybridized carbons (Fsp3) is 0.0833. The Morgan fingerprint density at radius 3 is 2.32 bits per heavy atom. The number of carbonyl (C=O) groups is 1. The maximum Gasteiger partial charge on any atom is 0.363 e. The number of carbonyl (C=O) groups excluding carboxylic acids is 1. The van der Waals surface area contributed by atoms with Gasteiger partial charge in [0.05, 0.1) is 0 Å². The van der Waals surface area contributed by atoms with Gasteiger partial charge in [0.25, 0.3) is 0 Å². The molecule has 1 aliphatic heterocycles. The standard InChI is InChI=1S/C24H19NO3/c1-16-11-17(2)13-19(12-16)23-25-22(24(26)28-23)15-18-7-6-10-21(14-18)27-20-8-4-3-5-9-20/h3-15H,1-2H3/b22-15-. The maximum atomic E-state index is 12.3. The summed E-state index contributed by atoms with van der Waals surface area (Å²) in [6, 6.07) is 23.0. The summed E-state index contributed by atoms with van der Waals surface area (Å²) in [6.45, 7) is 4.01. The van der Waals surface area contributed by atoms with Crippen molar-refractivity contribution >= 4 is 17.9 Å². The zero-order chi connectivity index (χ0) is 19.5. The molecule has 0 saturated heterocycles. The number of ether oxygens (including phenoxy) is 2. The van der Waals surface area contributed by atoms with Gasteiger partial charge in [-0.25, -0.2) is 9.79 Å². The molecule has 4 nitrogen and oxygen atoms in total. The lowest BCUT2D eigenvalue weighted by Crippen LogP contribution is -2.05. The summed E-state index contributed by atoms with van der Waals surface area (Å²) in [5, 5.41) is 0. The topological polar surface area (TPSA) is 47.9 Å². The van der Waals surface area contributed by atoms with Crippen LogP contribution in [0.15, 0.2) is 83.5 Å². The first-order chi connectivity index (χ1) is 13.6. The molecule has 0 amide bonds. The van der Waals surface area contributed by atoms with Gasteiger partial charge >= 0.3 is 5.97 Å². The van der Waals surface area contributed by atoms with Gasteiger partial charge in [-0.3, -0.25) is 0 Å². The first-order valence-corrected chi connectivity index (χ1v) is 9.01. The highest BCUT2D eigenvalue weighted by molar-refractivity contribution is 6.13. The highest BCUT2D eigenvalue weighted by Crippen LogP contribution is 2.25. The van der Waals surface area contributed by atoms with E-state index in [0.717, 1.165) is 28.0 Å². The van der Waals surface area contributed by atoms with Crippen molar-refractivity contribution in [1.82, 2.24) is 0 Å². The molecule has 0 saturated carbocycles. The van der Waals surface area contributed by atoms with E-state index in [1.54, 1.807) is 6.08 Å². The quantitative estimate of drug-likeness (QED) is 0.454. The van der Waals surface area contributed by atoms with Crippen LogP contribution in [0.2, 0.25) is 0 Å². The van der Waals surface area contributed by atoms with Crippen LogP contribution in [0.1, 0.15) is 22.3 Å². The van der Waals surface area contributed by atoms with Gasteiger partial charge in [-0.15, -0.1) is 0 Å². The molecule has 0 atom stereocenters. The van der Waals surface area contributed by atoms with Crippen LogP contribution in [0.3, 0.4) is 0 Å². The average Bonchev–Trinajstić information content (AvgIpc) is 3.03. The molecule has 0 fully saturated rings. The van der Waals surface area contributed by atoms with Crippen LogP contribution < -0.4 is 4.74 Å². The number of hydrogen-bond acceptors (Lipinski definition) is 4.